The van der Waals surface area contributed by atoms with Crippen molar-refractivity contribution in [2.45, 2.75) is 44.5 Å². The Morgan fingerprint density at radius 1 is 0.889 bits per heavy atom. The Labute approximate surface area is 208 Å². The van der Waals surface area contributed by atoms with E-state index in [-0.39, 0.29) is 23.0 Å². The van der Waals surface area contributed by atoms with E-state index in [4.69, 9.17) is 4.98 Å². The molecule has 0 unspecified atom stereocenters. The van der Waals surface area contributed by atoms with Crippen LogP contribution in [0.25, 0.3) is 10.8 Å². The van der Waals surface area contributed by atoms with E-state index in [0.717, 1.165) is 22.9 Å². The van der Waals surface area contributed by atoms with Crippen molar-refractivity contribution >= 4 is 26.6 Å². The molecular weight excluding hydrogens is 489 g/mol. The van der Waals surface area contributed by atoms with Gasteiger partial charge in [-0.1, -0.05) is 67.9 Å². The molecule has 0 aliphatic rings. The number of hydrogen-bond donors (Lipinski definition) is 0. The molecule has 4 aromatic rings. The number of fused-ring (bicyclic) bond motifs is 1. The van der Waals surface area contributed by atoms with Crippen LogP contribution in [0.15, 0.2) is 83.8 Å². The molecule has 3 aromatic carbocycles. The van der Waals surface area contributed by atoms with E-state index in [1.807, 2.05) is 38.1 Å². The van der Waals surface area contributed by atoms with Crippen LogP contribution in [0.4, 0.5) is 19.0 Å². The first-order valence-corrected chi connectivity index (χ1v) is 12.8. The van der Waals surface area contributed by atoms with Crippen LogP contribution in [0.3, 0.4) is 0 Å². The lowest BCUT2D eigenvalue weighted by Crippen LogP contribution is -2.32. The maximum Gasteiger partial charge on any atom is 0.573 e. The second-order valence-corrected chi connectivity index (χ2v) is 10.2. The average molecular weight is 515 g/mol. The maximum absolute atomic E-state index is 13.9. The van der Waals surface area contributed by atoms with Crippen LogP contribution < -0.4 is 9.04 Å². The number of sulfonamides is 1. The van der Waals surface area contributed by atoms with Crippen LogP contribution in [0.2, 0.25) is 0 Å². The first kappa shape index (κ1) is 25.5. The SMILES string of the molecule is CCCc1nc(N(Cc2ccc(OC(F)(F)F)cc2)S(=O)(=O)c2ccccc2)c(C)c2ccccc12. The van der Waals surface area contributed by atoms with Crippen molar-refractivity contribution in [3.8, 4) is 5.75 Å². The zero-order valence-corrected chi connectivity index (χ0v) is 20.6. The minimum Gasteiger partial charge on any atom is -0.406 e. The number of nitrogens with zero attached hydrogens (tertiary/aromatic N) is 2. The predicted octanol–water partition coefficient (Wildman–Crippen LogP) is 6.79. The van der Waals surface area contributed by atoms with Gasteiger partial charge in [0.1, 0.15) is 11.6 Å². The summed E-state index contributed by atoms with van der Waals surface area (Å²) in [6.45, 7) is 3.73. The number of anilines is 1. The number of halogens is 3. The van der Waals surface area contributed by atoms with Gasteiger partial charge in [-0.2, -0.15) is 0 Å². The molecule has 1 heterocycles. The average Bonchev–Trinajstić information content (AvgIpc) is 2.85. The molecule has 0 amide bonds. The van der Waals surface area contributed by atoms with Gasteiger partial charge in [0, 0.05) is 10.9 Å². The number of ether oxygens (including phenoxy) is 1. The highest BCUT2D eigenvalue weighted by Gasteiger charge is 2.31. The summed E-state index contributed by atoms with van der Waals surface area (Å²) in [5.74, 6) is -0.0921. The molecule has 9 heteroatoms. The van der Waals surface area contributed by atoms with Gasteiger partial charge in [0.15, 0.2) is 0 Å². The third-order valence-corrected chi connectivity index (χ3v) is 7.51. The zero-order valence-electron chi connectivity index (χ0n) is 19.8. The van der Waals surface area contributed by atoms with Crippen molar-refractivity contribution < 1.29 is 26.3 Å². The monoisotopic (exact) mass is 514 g/mol. The van der Waals surface area contributed by atoms with E-state index in [9.17, 15) is 21.6 Å². The van der Waals surface area contributed by atoms with E-state index < -0.39 is 16.4 Å². The largest absolute Gasteiger partial charge is 0.573 e. The first-order chi connectivity index (χ1) is 17.1. The fraction of sp³-hybridized carbons (Fsp3) is 0.222. The Morgan fingerprint density at radius 3 is 2.11 bits per heavy atom. The van der Waals surface area contributed by atoms with E-state index in [2.05, 4.69) is 4.74 Å². The molecule has 4 rings (SSSR count). The molecule has 5 nitrogen and oxygen atoms in total. The molecule has 0 bridgehead atoms. The minimum absolute atomic E-state index is 0.0911. The second kappa shape index (κ2) is 10.2. The Hall–Kier alpha value is -3.59. The van der Waals surface area contributed by atoms with Gasteiger partial charge in [-0.25, -0.2) is 17.7 Å². The first-order valence-electron chi connectivity index (χ1n) is 11.4. The van der Waals surface area contributed by atoms with Gasteiger partial charge in [0.2, 0.25) is 0 Å². The van der Waals surface area contributed by atoms with Crippen molar-refractivity contribution in [1.29, 1.82) is 0 Å². The van der Waals surface area contributed by atoms with E-state index in [1.54, 1.807) is 18.2 Å². The molecule has 1 aromatic heterocycles. The van der Waals surface area contributed by atoms with Crippen molar-refractivity contribution in [1.82, 2.24) is 4.98 Å². The van der Waals surface area contributed by atoms with Crippen LogP contribution in [-0.2, 0) is 23.0 Å². The molecule has 0 fully saturated rings. The van der Waals surface area contributed by atoms with E-state index in [1.165, 1.54) is 40.7 Å². The van der Waals surface area contributed by atoms with Gasteiger partial charge < -0.3 is 4.74 Å². The normalized spacial score (nSPS) is 12.0. The highest BCUT2D eigenvalue weighted by atomic mass is 32.2. The number of aryl methyl sites for hydroxylation is 2. The third kappa shape index (κ3) is 5.46. The van der Waals surface area contributed by atoms with Gasteiger partial charge in [-0.05, 0) is 48.6 Å². The Bertz CT molecular complexity index is 1460. The number of aromatic nitrogens is 1. The lowest BCUT2D eigenvalue weighted by Gasteiger charge is -2.27. The zero-order chi connectivity index (χ0) is 25.9. The Kier molecular flexibility index (Phi) is 7.21. The highest BCUT2D eigenvalue weighted by molar-refractivity contribution is 7.92. The number of pyridine rings is 1. The summed E-state index contributed by atoms with van der Waals surface area (Å²) < 4.78 is 70.6. The molecule has 36 heavy (non-hydrogen) atoms. The van der Waals surface area contributed by atoms with Gasteiger partial charge in [0.05, 0.1) is 17.1 Å². The fourth-order valence-corrected chi connectivity index (χ4v) is 5.56. The topological polar surface area (TPSA) is 59.5 Å². The smallest absolute Gasteiger partial charge is 0.406 e. The summed E-state index contributed by atoms with van der Waals surface area (Å²) in [4.78, 5) is 4.91. The van der Waals surface area contributed by atoms with Crippen LogP contribution in [0.1, 0.15) is 30.2 Å². The minimum atomic E-state index is -4.81. The van der Waals surface area contributed by atoms with Gasteiger partial charge in [-0.3, -0.25) is 0 Å². The summed E-state index contributed by atoms with van der Waals surface area (Å²) >= 11 is 0. The van der Waals surface area contributed by atoms with Gasteiger partial charge >= 0.3 is 6.36 Å². The van der Waals surface area contributed by atoms with Gasteiger partial charge in [-0.15, -0.1) is 13.2 Å². The fourth-order valence-electron chi connectivity index (χ4n) is 4.08. The summed E-state index contributed by atoms with van der Waals surface area (Å²) in [7, 11) is -4.05. The van der Waals surface area contributed by atoms with E-state index >= 15 is 0 Å². The molecule has 188 valence electrons. The Balaban J connectivity index is 1.85. The van der Waals surface area contributed by atoms with Crippen molar-refractivity contribution in [2.24, 2.45) is 0 Å². The molecule has 0 saturated carbocycles. The summed E-state index contributed by atoms with van der Waals surface area (Å²) in [6, 6.07) is 20.9. The van der Waals surface area contributed by atoms with Crippen molar-refractivity contribution in [3.63, 3.8) is 0 Å². The van der Waals surface area contributed by atoms with Crippen LogP contribution in [0.5, 0.6) is 5.75 Å². The number of benzene rings is 3. The quantitative estimate of drug-likeness (QED) is 0.260. The lowest BCUT2D eigenvalue weighted by atomic mass is 10.0. The summed E-state index contributed by atoms with van der Waals surface area (Å²) in [5, 5.41) is 1.86. The Morgan fingerprint density at radius 2 is 1.50 bits per heavy atom. The molecule has 0 saturated heterocycles. The number of hydrogen-bond acceptors (Lipinski definition) is 4. The standard InChI is InChI=1S/C27H25F3N2O3S/c1-3-9-25-24-13-8-7-12-23(24)19(2)26(31-25)32(36(33,34)22-10-5-4-6-11-22)18-20-14-16-21(17-15-20)35-27(28,29)30/h4-8,10-17H,3,9,18H2,1-2H3. The lowest BCUT2D eigenvalue weighted by molar-refractivity contribution is -0.274. The molecule has 0 aliphatic carbocycles. The van der Waals surface area contributed by atoms with Crippen molar-refractivity contribution in [2.75, 3.05) is 4.31 Å². The second-order valence-electron chi connectivity index (χ2n) is 8.32. The van der Waals surface area contributed by atoms with Gasteiger partial charge in [0.25, 0.3) is 10.0 Å². The third-order valence-electron chi connectivity index (χ3n) is 5.76. The molecule has 0 atom stereocenters. The number of alkyl halides is 3. The van der Waals surface area contributed by atoms with E-state index in [0.29, 0.717) is 17.5 Å². The van der Waals surface area contributed by atoms with Crippen molar-refractivity contribution in [3.05, 3.63) is 95.7 Å². The molecule has 0 spiro atoms. The molecule has 0 N–H and O–H groups in total. The van der Waals surface area contributed by atoms with Crippen LogP contribution >= 0.6 is 0 Å². The van der Waals surface area contributed by atoms with Crippen LogP contribution in [-0.4, -0.2) is 19.8 Å². The molecule has 0 aliphatic heterocycles. The molecular formula is C27H25F3N2O3S. The summed E-state index contributed by atoms with van der Waals surface area (Å²) in [6.07, 6.45) is -3.33. The maximum atomic E-state index is 13.9. The highest BCUT2D eigenvalue weighted by Crippen LogP contribution is 2.34. The summed E-state index contributed by atoms with van der Waals surface area (Å²) in [5.41, 5.74) is 1.97. The molecule has 0 radical (unpaired) electrons. The number of rotatable bonds is 8. The van der Waals surface area contributed by atoms with Crippen LogP contribution in [0, 0.1) is 6.92 Å². The predicted molar refractivity (Wildman–Crippen MR) is 133 cm³/mol.